The van der Waals surface area contributed by atoms with E-state index in [1.165, 1.54) is 4.90 Å². The van der Waals surface area contributed by atoms with Gasteiger partial charge in [0.25, 0.3) is 0 Å². The average Bonchev–Trinajstić information content (AvgIpc) is 3.36. The Hall–Kier alpha value is -2.45. The Morgan fingerprint density at radius 2 is 1.94 bits per heavy atom. The van der Waals surface area contributed by atoms with E-state index in [0.29, 0.717) is 25.8 Å². The standard InChI is InChI=1S/C24H33N3O5/c1-4-23-10-11-24(32-23)18(17(23)20(29)25-14-16-8-6-5-7-9-16)22(31)27(12-13-28)19(24)21(30)26-15(2)3/h5-9,15,17-19,28H,4,10-14H2,1-3H3,(H,25,29)(H,26,30)/t17-,18-,19?,23+,24?/m0/s1. The molecule has 3 heterocycles. The second-order valence-electron chi connectivity index (χ2n) is 9.46. The van der Waals surface area contributed by atoms with E-state index in [4.69, 9.17) is 4.74 Å². The Morgan fingerprint density at radius 1 is 1.22 bits per heavy atom. The molecule has 3 saturated heterocycles. The number of benzene rings is 1. The zero-order valence-corrected chi connectivity index (χ0v) is 19.0. The van der Waals surface area contributed by atoms with Gasteiger partial charge in [-0.15, -0.1) is 0 Å². The second kappa shape index (κ2) is 8.48. The third-order valence-electron chi connectivity index (χ3n) is 7.29. The summed E-state index contributed by atoms with van der Waals surface area (Å²) in [7, 11) is 0. The summed E-state index contributed by atoms with van der Waals surface area (Å²) in [6, 6.07) is 8.66. The van der Waals surface area contributed by atoms with Crippen molar-refractivity contribution in [1.82, 2.24) is 15.5 Å². The van der Waals surface area contributed by atoms with Gasteiger partial charge in [0.05, 0.1) is 24.0 Å². The number of β-amino-alcohol motifs (C(OH)–C–C–N with tert-alkyl or cyclic N) is 1. The molecule has 3 amide bonds. The maximum Gasteiger partial charge on any atom is 0.246 e. The molecule has 32 heavy (non-hydrogen) atoms. The van der Waals surface area contributed by atoms with Gasteiger partial charge in [-0.25, -0.2) is 0 Å². The minimum absolute atomic E-state index is 0.0358. The summed E-state index contributed by atoms with van der Waals surface area (Å²) in [5, 5.41) is 15.5. The van der Waals surface area contributed by atoms with E-state index in [-0.39, 0.29) is 36.9 Å². The van der Waals surface area contributed by atoms with Crippen LogP contribution in [0.2, 0.25) is 0 Å². The Morgan fingerprint density at radius 3 is 2.56 bits per heavy atom. The third-order valence-corrected chi connectivity index (χ3v) is 7.29. The van der Waals surface area contributed by atoms with E-state index in [9.17, 15) is 19.5 Å². The molecule has 1 spiro atoms. The van der Waals surface area contributed by atoms with Crippen LogP contribution in [0.5, 0.6) is 0 Å². The molecule has 8 heteroatoms. The van der Waals surface area contributed by atoms with Crippen molar-refractivity contribution in [2.24, 2.45) is 11.8 Å². The molecule has 174 valence electrons. The molecule has 5 atom stereocenters. The molecule has 1 aromatic rings. The van der Waals surface area contributed by atoms with Gasteiger partial charge in [0, 0.05) is 19.1 Å². The zero-order chi connectivity index (χ0) is 23.1. The zero-order valence-electron chi connectivity index (χ0n) is 19.0. The highest BCUT2D eigenvalue weighted by molar-refractivity contribution is 5.99. The molecule has 0 saturated carbocycles. The Balaban J connectivity index is 1.67. The number of likely N-dealkylation sites (tertiary alicyclic amines) is 1. The summed E-state index contributed by atoms with van der Waals surface area (Å²) in [6.45, 7) is 5.83. The van der Waals surface area contributed by atoms with Crippen LogP contribution in [-0.2, 0) is 25.7 Å². The molecule has 0 aromatic heterocycles. The molecule has 2 bridgehead atoms. The van der Waals surface area contributed by atoms with Crippen LogP contribution < -0.4 is 10.6 Å². The minimum atomic E-state index is -1.05. The molecule has 3 aliphatic heterocycles. The normalized spacial score (nSPS) is 33.0. The van der Waals surface area contributed by atoms with Crippen molar-refractivity contribution in [2.75, 3.05) is 13.2 Å². The summed E-state index contributed by atoms with van der Waals surface area (Å²) >= 11 is 0. The number of carbonyl (C=O) groups excluding carboxylic acids is 3. The lowest BCUT2D eigenvalue weighted by atomic mass is 9.65. The van der Waals surface area contributed by atoms with E-state index >= 15 is 0 Å². The minimum Gasteiger partial charge on any atom is -0.395 e. The SMILES string of the molecule is CC[C@]12CCC3(O1)C(C(=O)NC(C)C)N(CCO)C(=O)[C@@H]3[C@H]2C(=O)NCc1ccccc1. The predicted octanol–water partition coefficient (Wildman–Crippen LogP) is 0.975. The summed E-state index contributed by atoms with van der Waals surface area (Å²) in [4.78, 5) is 41.7. The molecule has 8 nitrogen and oxygen atoms in total. The van der Waals surface area contributed by atoms with Gasteiger partial charge < -0.3 is 25.4 Å². The maximum atomic E-state index is 13.6. The predicted molar refractivity (Wildman–Crippen MR) is 117 cm³/mol. The number of hydrogen-bond acceptors (Lipinski definition) is 5. The van der Waals surface area contributed by atoms with Gasteiger partial charge in [-0.3, -0.25) is 14.4 Å². The van der Waals surface area contributed by atoms with Crippen molar-refractivity contribution in [3.63, 3.8) is 0 Å². The molecule has 0 aliphatic carbocycles. The van der Waals surface area contributed by atoms with E-state index in [2.05, 4.69) is 10.6 Å². The van der Waals surface area contributed by atoms with E-state index in [1.807, 2.05) is 51.1 Å². The van der Waals surface area contributed by atoms with Crippen molar-refractivity contribution in [2.45, 2.75) is 69.9 Å². The van der Waals surface area contributed by atoms with Gasteiger partial charge in [0.1, 0.15) is 11.6 Å². The number of hydrogen-bond donors (Lipinski definition) is 3. The average molecular weight is 444 g/mol. The number of aliphatic hydroxyl groups excluding tert-OH is 1. The van der Waals surface area contributed by atoms with Crippen LogP contribution in [0.15, 0.2) is 30.3 Å². The number of fused-ring (bicyclic) bond motifs is 1. The molecule has 0 radical (unpaired) electrons. The van der Waals surface area contributed by atoms with Crippen LogP contribution in [0.25, 0.3) is 0 Å². The first-order chi connectivity index (χ1) is 15.3. The Labute approximate surface area is 188 Å². The number of ether oxygens (including phenoxy) is 1. The van der Waals surface area contributed by atoms with Crippen LogP contribution in [0.4, 0.5) is 0 Å². The van der Waals surface area contributed by atoms with Crippen molar-refractivity contribution in [3.05, 3.63) is 35.9 Å². The van der Waals surface area contributed by atoms with Crippen LogP contribution >= 0.6 is 0 Å². The van der Waals surface area contributed by atoms with Gasteiger partial charge in [-0.1, -0.05) is 37.3 Å². The first-order valence-corrected chi connectivity index (χ1v) is 11.5. The van der Waals surface area contributed by atoms with Crippen LogP contribution in [-0.4, -0.2) is 64.2 Å². The first kappa shape index (κ1) is 22.7. The van der Waals surface area contributed by atoms with Gasteiger partial charge in [0.2, 0.25) is 17.7 Å². The van der Waals surface area contributed by atoms with Gasteiger partial charge in [0.15, 0.2) is 0 Å². The van der Waals surface area contributed by atoms with Crippen molar-refractivity contribution in [1.29, 1.82) is 0 Å². The van der Waals surface area contributed by atoms with Gasteiger partial charge in [-0.2, -0.15) is 0 Å². The molecular weight excluding hydrogens is 410 g/mol. The lowest BCUT2D eigenvalue weighted by Gasteiger charge is -2.34. The number of nitrogens with zero attached hydrogens (tertiary/aromatic N) is 1. The van der Waals surface area contributed by atoms with Gasteiger partial charge in [-0.05, 0) is 38.7 Å². The van der Waals surface area contributed by atoms with Crippen molar-refractivity contribution < 1.29 is 24.2 Å². The fourth-order valence-corrected chi connectivity index (χ4v) is 6.02. The molecule has 3 fully saturated rings. The van der Waals surface area contributed by atoms with Gasteiger partial charge >= 0.3 is 0 Å². The highest BCUT2D eigenvalue weighted by atomic mass is 16.5. The first-order valence-electron chi connectivity index (χ1n) is 11.5. The van der Waals surface area contributed by atoms with E-state index < -0.39 is 29.1 Å². The van der Waals surface area contributed by atoms with E-state index in [0.717, 1.165) is 5.56 Å². The molecule has 2 unspecified atom stereocenters. The molecule has 4 rings (SSSR count). The smallest absolute Gasteiger partial charge is 0.246 e. The number of carbonyl (C=O) groups is 3. The fraction of sp³-hybridized carbons (Fsp3) is 0.625. The quantitative estimate of drug-likeness (QED) is 0.555. The molecule has 3 N–H and O–H groups in total. The highest BCUT2D eigenvalue weighted by Gasteiger charge is 2.78. The lowest BCUT2D eigenvalue weighted by molar-refractivity contribution is -0.148. The molecular formula is C24H33N3O5. The molecule has 3 aliphatic rings. The number of aliphatic hydroxyl groups is 1. The lowest BCUT2D eigenvalue weighted by Crippen LogP contribution is -2.56. The van der Waals surface area contributed by atoms with E-state index in [1.54, 1.807) is 0 Å². The highest BCUT2D eigenvalue weighted by Crippen LogP contribution is 2.64. The van der Waals surface area contributed by atoms with Crippen molar-refractivity contribution >= 4 is 17.7 Å². The van der Waals surface area contributed by atoms with Crippen LogP contribution in [0.1, 0.15) is 45.6 Å². The number of nitrogens with one attached hydrogen (secondary N) is 2. The topological polar surface area (TPSA) is 108 Å². The number of rotatable bonds is 8. The summed E-state index contributed by atoms with van der Waals surface area (Å²) < 4.78 is 6.60. The number of amides is 3. The summed E-state index contributed by atoms with van der Waals surface area (Å²) in [5.74, 6) is -2.19. The third kappa shape index (κ3) is 3.40. The molecule has 1 aromatic carbocycles. The van der Waals surface area contributed by atoms with Crippen LogP contribution in [0.3, 0.4) is 0 Å². The second-order valence-corrected chi connectivity index (χ2v) is 9.46. The van der Waals surface area contributed by atoms with Crippen molar-refractivity contribution in [3.8, 4) is 0 Å². The Bertz CT molecular complexity index is 891. The maximum absolute atomic E-state index is 13.6. The monoisotopic (exact) mass is 443 g/mol. The Kier molecular flexibility index (Phi) is 6.02. The largest absolute Gasteiger partial charge is 0.395 e. The summed E-state index contributed by atoms with van der Waals surface area (Å²) in [5.41, 5.74) is -0.835. The fourth-order valence-electron chi connectivity index (χ4n) is 6.02. The van der Waals surface area contributed by atoms with Crippen LogP contribution in [0, 0.1) is 11.8 Å². The summed E-state index contributed by atoms with van der Waals surface area (Å²) in [6.07, 6.45) is 1.74.